The molecule has 0 rings (SSSR count). The summed E-state index contributed by atoms with van der Waals surface area (Å²) < 4.78 is 0. The molecule has 0 saturated heterocycles. The second kappa shape index (κ2) is 4.69. The van der Waals surface area contributed by atoms with Gasteiger partial charge in [-0.2, -0.15) is 0 Å². The van der Waals surface area contributed by atoms with Crippen LogP contribution in [0.1, 0.15) is 20.3 Å². The minimum Gasteiger partial charge on any atom is -0.110 e. The van der Waals surface area contributed by atoms with Gasteiger partial charge in [-0.1, -0.05) is 24.6 Å². The van der Waals surface area contributed by atoms with Crippen LogP contribution in [-0.4, -0.2) is 7.85 Å². The van der Waals surface area contributed by atoms with E-state index in [1.54, 1.807) is 0 Å². The second-order valence-corrected chi connectivity index (χ2v) is 2.72. The third-order valence-electron chi connectivity index (χ3n) is 1.16. The molecule has 0 aromatic rings. The van der Waals surface area contributed by atoms with Crippen molar-refractivity contribution in [2.75, 3.05) is 0 Å². The van der Waals surface area contributed by atoms with Crippen molar-refractivity contribution in [1.29, 1.82) is 0 Å². The summed E-state index contributed by atoms with van der Waals surface area (Å²) in [5.41, 5.74) is 1.36. The van der Waals surface area contributed by atoms with Crippen LogP contribution in [0, 0.1) is 0 Å². The number of allylic oxidation sites excluding steroid dienone is 4. The van der Waals surface area contributed by atoms with Crippen LogP contribution in [0.5, 0.6) is 0 Å². The number of halogens is 1. The number of hydrogen-bond acceptors (Lipinski definition) is 0. The fraction of sp³-hybridized carbons (Fsp3) is 0.429. The zero-order valence-corrected chi connectivity index (χ0v) is 7.00. The van der Waals surface area contributed by atoms with Crippen LogP contribution in [0.3, 0.4) is 0 Å². The van der Waals surface area contributed by atoms with Crippen LogP contribution in [0.4, 0.5) is 0 Å². The van der Waals surface area contributed by atoms with Crippen molar-refractivity contribution in [2.24, 2.45) is 0 Å². The van der Waals surface area contributed by atoms with E-state index < -0.39 is 0 Å². The molecule has 0 N–H and O–H groups in total. The molecule has 0 aromatic carbocycles. The third-order valence-corrected chi connectivity index (χ3v) is 1.28. The highest BCUT2D eigenvalue weighted by Gasteiger charge is 1.79. The average molecular weight is 142 g/mol. The molecule has 9 heavy (non-hydrogen) atoms. The lowest BCUT2D eigenvalue weighted by molar-refractivity contribution is 1.19. The molecule has 0 fully saturated rings. The monoisotopic (exact) mass is 142 g/mol. The zero-order valence-electron chi connectivity index (χ0n) is 6.24. The fourth-order valence-corrected chi connectivity index (χ4v) is 0.438. The standard InChI is InChI=1S/C7H12BCl/c1-3-7(8)5-4-6(2)9/h4-5H,3,8H2,1-2H3/b6-4+,7-5+. The smallest absolute Gasteiger partial charge is 0.110 e. The first kappa shape index (κ1) is 8.83. The molecular weight excluding hydrogens is 130 g/mol. The maximum Gasteiger partial charge on any atom is 0.133 e. The second-order valence-electron chi connectivity index (χ2n) is 2.12. The zero-order chi connectivity index (χ0) is 7.28. The van der Waals surface area contributed by atoms with E-state index in [0.717, 1.165) is 11.5 Å². The molecule has 0 heterocycles. The van der Waals surface area contributed by atoms with Gasteiger partial charge < -0.3 is 0 Å². The molecule has 0 radical (unpaired) electrons. The van der Waals surface area contributed by atoms with E-state index in [0.29, 0.717) is 0 Å². The Morgan fingerprint density at radius 1 is 1.56 bits per heavy atom. The van der Waals surface area contributed by atoms with Gasteiger partial charge in [-0.15, -0.1) is 5.47 Å². The first-order valence-corrected chi connectivity index (χ1v) is 3.54. The summed E-state index contributed by atoms with van der Waals surface area (Å²) in [5.74, 6) is 0. The van der Waals surface area contributed by atoms with Crippen LogP contribution in [0.2, 0.25) is 0 Å². The molecule has 0 bridgehead atoms. The Morgan fingerprint density at radius 2 is 2.11 bits per heavy atom. The minimum absolute atomic E-state index is 0.836. The van der Waals surface area contributed by atoms with E-state index in [2.05, 4.69) is 14.8 Å². The molecule has 0 aliphatic heterocycles. The van der Waals surface area contributed by atoms with E-state index in [1.165, 1.54) is 5.47 Å². The topological polar surface area (TPSA) is 0 Å². The number of rotatable bonds is 2. The summed E-state index contributed by atoms with van der Waals surface area (Å²) in [7, 11) is 2.09. The van der Waals surface area contributed by atoms with Crippen molar-refractivity contribution in [3.05, 3.63) is 22.7 Å². The highest BCUT2D eigenvalue weighted by atomic mass is 35.5. The van der Waals surface area contributed by atoms with E-state index in [-0.39, 0.29) is 0 Å². The van der Waals surface area contributed by atoms with E-state index >= 15 is 0 Å². The van der Waals surface area contributed by atoms with E-state index in [1.807, 2.05) is 19.1 Å². The van der Waals surface area contributed by atoms with Crippen LogP contribution >= 0.6 is 11.6 Å². The van der Waals surface area contributed by atoms with Gasteiger partial charge >= 0.3 is 0 Å². The summed E-state index contributed by atoms with van der Waals surface area (Å²) in [6.45, 7) is 4.00. The minimum atomic E-state index is 0.836. The molecule has 50 valence electrons. The first-order chi connectivity index (χ1) is 4.16. The largest absolute Gasteiger partial charge is 0.133 e. The normalized spacial score (nSPS) is 14.1. The lowest BCUT2D eigenvalue weighted by Crippen LogP contribution is -1.74. The van der Waals surface area contributed by atoms with E-state index in [9.17, 15) is 0 Å². The van der Waals surface area contributed by atoms with Crippen molar-refractivity contribution in [2.45, 2.75) is 20.3 Å². The third kappa shape index (κ3) is 5.71. The van der Waals surface area contributed by atoms with Gasteiger partial charge in [-0.25, -0.2) is 0 Å². The Hall–Kier alpha value is -0.165. The van der Waals surface area contributed by atoms with Gasteiger partial charge in [-0.3, -0.25) is 0 Å². The number of hydrogen-bond donors (Lipinski definition) is 0. The van der Waals surface area contributed by atoms with Crippen LogP contribution in [-0.2, 0) is 0 Å². The van der Waals surface area contributed by atoms with Gasteiger partial charge in [0.15, 0.2) is 0 Å². The Kier molecular flexibility index (Phi) is 4.60. The SMILES string of the molecule is B/C(=C/C=C(\C)Cl)CC. The van der Waals surface area contributed by atoms with Crippen molar-refractivity contribution >= 4 is 19.4 Å². The molecule has 0 saturated carbocycles. The summed E-state index contributed by atoms with van der Waals surface area (Å²) in [6.07, 6.45) is 5.06. The summed E-state index contributed by atoms with van der Waals surface area (Å²) in [4.78, 5) is 0. The molecule has 0 spiro atoms. The highest BCUT2D eigenvalue weighted by molar-refractivity contribution is 6.29. The van der Waals surface area contributed by atoms with Gasteiger partial charge in [0, 0.05) is 5.03 Å². The maximum atomic E-state index is 5.60. The quantitative estimate of drug-likeness (QED) is 0.409. The van der Waals surface area contributed by atoms with Gasteiger partial charge in [0.1, 0.15) is 7.85 Å². The first-order valence-electron chi connectivity index (χ1n) is 3.16. The van der Waals surface area contributed by atoms with E-state index in [4.69, 9.17) is 11.6 Å². The summed E-state index contributed by atoms with van der Waals surface area (Å²) in [5, 5.41) is 0.836. The van der Waals surface area contributed by atoms with Crippen LogP contribution in [0.25, 0.3) is 0 Å². The highest BCUT2D eigenvalue weighted by Crippen LogP contribution is 2.00. The fourth-order valence-electron chi connectivity index (χ4n) is 0.375. The predicted octanol–water partition coefficient (Wildman–Crippen LogP) is 2.06. The molecule has 0 unspecified atom stereocenters. The van der Waals surface area contributed by atoms with Crippen LogP contribution in [0.15, 0.2) is 22.7 Å². The Bertz CT molecular complexity index is 132. The molecule has 0 atom stereocenters. The van der Waals surface area contributed by atoms with Crippen molar-refractivity contribution < 1.29 is 0 Å². The average Bonchev–Trinajstić information content (AvgIpc) is 1.83. The Labute approximate surface area is 63.0 Å². The molecule has 0 aromatic heterocycles. The molecule has 0 aliphatic carbocycles. The lowest BCUT2D eigenvalue weighted by Gasteiger charge is -1.88. The predicted molar refractivity (Wildman–Crippen MR) is 46.5 cm³/mol. The summed E-state index contributed by atoms with van der Waals surface area (Å²) in [6, 6.07) is 0. The van der Waals surface area contributed by atoms with Crippen LogP contribution < -0.4 is 0 Å². The molecule has 0 aliphatic rings. The van der Waals surface area contributed by atoms with Crippen molar-refractivity contribution in [3.63, 3.8) is 0 Å². The van der Waals surface area contributed by atoms with Crippen molar-refractivity contribution in [3.8, 4) is 0 Å². The Morgan fingerprint density at radius 3 is 2.44 bits per heavy atom. The van der Waals surface area contributed by atoms with Crippen molar-refractivity contribution in [1.82, 2.24) is 0 Å². The molecule has 2 heteroatoms. The molecule has 0 amide bonds. The van der Waals surface area contributed by atoms with Gasteiger partial charge in [0.25, 0.3) is 0 Å². The Balaban J connectivity index is 3.83. The van der Waals surface area contributed by atoms with Gasteiger partial charge in [-0.05, 0) is 19.4 Å². The lowest BCUT2D eigenvalue weighted by atomic mass is 9.93. The molecular formula is C7H12BCl. The maximum absolute atomic E-state index is 5.60. The van der Waals surface area contributed by atoms with Gasteiger partial charge in [0.2, 0.25) is 0 Å². The van der Waals surface area contributed by atoms with Gasteiger partial charge in [0.05, 0.1) is 0 Å². The summed E-state index contributed by atoms with van der Waals surface area (Å²) >= 11 is 5.60. The molecule has 0 nitrogen and oxygen atoms in total.